The van der Waals surface area contributed by atoms with E-state index in [2.05, 4.69) is 23.2 Å². The van der Waals surface area contributed by atoms with Crippen LogP contribution in [0.15, 0.2) is 48.7 Å². The fourth-order valence-corrected chi connectivity index (χ4v) is 1.83. The molecule has 2 rings (SSSR count). The molecule has 94 valence electrons. The molecule has 1 aromatic heterocycles. The van der Waals surface area contributed by atoms with E-state index in [0.717, 1.165) is 12.1 Å². The highest BCUT2D eigenvalue weighted by atomic mass is 16.5. The summed E-state index contributed by atoms with van der Waals surface area (Å²) < 4.78 is 5.65. The van der Waals surface area contributed by atoms with Gasteiger partial charge in [0.25, 0.3) is 0 Å². The summed E-state index contributed by atoms with van der Waals surface area (Å²) in [5.74, 6) is 0. The van der Waals surface area contributed by atoms with E-state index in [-0.39, 0.29) is 0 Å². The first-order valence-corrected chi connectivity index (χ1v) is 6.14. The summed E-state index contributed by atoms with van der Waals surface area (Å²) in [5, 5.41) is 0. The maximum atomic E-state index is 5.65. The molecule has 0 saturated heterocycles. The molecule has 0 aliphatic rings. The Labute approximate surface area is 108 Å². The summed E-state index contributed by atoms with van der Waals surface area (Å²) in [7, 11) is 0. The lowest BCUT2D eigenvalue weighted by Crippen LogP contribution is -2.07. The molecule has 18 heavy (non-hydrogen) atoms. The molecule has 2 aromatic rings. The molecule has 1 heterocycles. The van der Waals surface area contributed by atoms with E-state index in [1.165, 1.54) is 11.1 Å². The second-order valence-corrected chi connectivity index (χ2v) is 4.10. The van der Waals surface area contributed by atoms with Crippen LogP contribution in [0.25, 0.3) is 0 Å². The number of pyridine rings is 1. The second kappa shape index (κ2) is 6.89. The standard InChI is InChI=1S/C15H18N2O/c16-11-15-14(7-4-9-17-15)8-10-18-12-13-5-2-1-3-6-13/h1-7,9H,8,10-12,16H2. The van der Waals surface area contributed by atoms with Gasteiger partial charge in [-0.05, 0) is 23.6 Å². The number of rotatable bonds is 6. The maximum absolute atomic E-state index is 5.65. The van der Waals surface area contributed by atoms with Gasteiger partial charge in [0.15, 0.2) is 0 Å². The van der Waals surface area contributed by atoms with Gasteiger partial charge in [0.2, 0.25) is 0 Å². The van der Waals surface area contributed by atoms with Crippen LogP contribution in [0.4, 0.5) is 0 Å². The monoisotopic (exact) mass is 242 g/mol. The summed E-state index contributed by atoms with van der Waals surface area (Å²) >= 11 is 0. The lowest BCUT2D eigenvalue weighted by molar-refractivity contribution is 0.123. The number of nitrogens with zero attached hydrogens (tertiary/aromatic N) is 1. The number of benzene rings is 1. The minimum Gasteiger partial charge on any atom is -0.376 e. The normalized spacial score (nSPS) is 10.5. The molecule has 0 atom stereocenters. The van der Waals surface area contributed by atoms with Crippen LogP contribution in [-0.2, 0) is 24.3 Å². The molecule has 0 aliphatic carbocycles. The van der Waals surface area contributed by atoms with Crippen LogP contribution in [0.5, 0.6) is 0 Å². The van der Waals surface area contributed by atoms with Crippen molar-refractivity contribution in [1.82, 2.24) is 4.98 Å². The highest BCUT2D eigenvalue weighted by molar-refractivity contribution is 5.19. The average molecular weight is 242 g/mol. The predicted molar refractivity (Wildman–Crippen MR) is 71.9 cm³/mol. The third-order valence-electron chi connectivity index (χ3n) is 2.81. The Kier molecular flexibility index (Phi) is 4.88. The number of nitrogens with two attached hydrogens (primary N) is 1. The lowest BCUT2D eigenvalue weighted by atomic mass is 10.1. The van der Waals surface area contributed by atoms with Crippen LogP contribution < -0.4 is 5.73 Å². The molecular weight excluding hydrogens is 224 g/mol. The van der Waals surface area contributed by atoms with Gasteiger partial charge in [0.05, 0.1) is 18.9 Å². The van der Waals surface area contributed by atoms with Crippen molar-refractivity contribution in [2.45, 2.75) is 19.6 Å². The van der Waals surface area contributed by atoms with Crippen molar-refractivity contribution in [3.63, 3.8) is 0 Å². The van der Waals surface area contributed by atoms with Crippen molar-refractivity contribution in [2.24, 2.45) is 5.73 Å². The number of aromatic nitrogens is 1. The molecule has 2 N–H and O–H groups in total. The van der Waals surface area contributed by atoms with Gasteiger partial charge in [-0.2, -0.15) is 0 Å². The first-order chi connectivity index (χ1) is 8.90. The van der Waals surface area contributed by atoms with Crippen LogP contribution in [0.3, 0.4) is 0 Å². The number of hydrogen-bond donors (Lipinski definition) is 1. The predicted octanol–water partition coefficient (Wildman–Crippen LogP) is 2.30. The van der Waals surface area contributed by atoms with Crippen molar-refractivity contribution in [2.75, 3.05) is 6.61 Å². The summed E-state index contributed by atoms with van der Waals surface area (Å²) in [5.41, 5.74) is 8.97. The molecule has 0 radical (unpaired) electrons. The Morgan fingerprint density at radius 1 is 1.06 bits per heavy atom. The molecule has 3 nitrogen and oxygen atoms in total. The Morgan fingerprint density at radius 2 is 1.89 bits per heavy atom. The Morgan fingerprint density at radius 3 is 2.67 bits per heavy atom. The van der Waals surface area contributed by atoms with Crippen LogP contribution in [0.2, 0.25) is 0 Å². The Balaban J connectivity index is 1.78. The van der Waals surface area contributed by atoms with Crippen LogP contribution >= 0.6 is 0 Å². The minimum absolute atomic E-state index is 0.481. The van der Waals surface area contributed by atoms with Gasteiger partial charge < -0.3 is 10.5 Å². The molecule has 0 bridgehead atoms. The van der Waals surface area contributed by atoms with Crippen molar-refractivity contribution < 1.29 is 4.74 Å². The zero-order valence-corrected chi connectivity index (χ0v) is 10.4. The molecule has 0 aliphatic heterocycles. The van der Waals surface area contributed by atoms with E-state index in [0.29, 0.717) is 19.8 Å². The van der Waals surface area contributed by atoms with Crippen LogP contribution in [0, 0.1) is 0 Å². The van der Waals surface area contributed by atoms with Gasteiger partial charge in [-0.3, -0.25) is 4.98 Å². The van der Waals surface area contributed by atoms with Gasteiger partial charge in [-0.1, -0.05) is 36.4 Å². The third-order valence-corrected chi connectivity index (χ3v) is 2.81. The first kappa shape index (κ1) is 12.7. The SMILES string of the molecule is NCc1ncccc1CCOCc1ccccc1. The average Bonchev–Trinajstić information content (AvgIpc) is 2.45. The molecule has 0 unspecified atom stereocenters. The van der Waals surface area contributed by atoms with E-state index < -0.39 is 0 Å². The van der Waals surface area contributed by atoms with Gasteiger partial charge in [-0.25, -0.2) is 0 Å². The van der Waals surface area contributed by atoms with Crippen molar-refractivity contribution in [3.8, 4) is 0 Å². The van der Waals surface area contributed by atoms with E-state index in [1.54, 1.807) is 6.20 Å². The third kappa shape index (κ3) is 3.65. The quantitative estimate of drug-likeness (QED) is 0.791. The number of ether oxygens (including phenoxy) is 1. The van der Waals surface area contributed by atoms with Gasteiger partial charge in [0, 0.05) is 12.7 Å². The first-order valence-electron chi connectivity index (χ1n) is 6.14. The summed E-state index contributed by atoms with van der Waals surface area (Å²) in [6, 6.07) is 14.2. The zero-order chi connectivity index (χ0) is 12.6. The number of hydrogen-bond acceptors (Lipinski definition) is 3. The van der Waals surface area contributed by atoms with Crippen molar-refractivity contribution in [1.29, 1.82) is 0 Å². The lowest BCUT2D eigenvalue weighted by Gasteiger charge is -2.07. The van der Waals surface area contributed by atoms with Gasteiger partial charge in [-0.15, -0.1) is 0 Å². The minimum atomic E-state index is 0.481. The summed E-state index contributed by atoms with van der Waals surface area (Å²) in [6.07, 6.45) is 2.63. The topological polar surface area (TPSA) is 48.1 Å². The van der Waals surface area contributed by atoms with E-state index in [9.17, 15) is 0 Å². The second-order valence-electron chi connectivity index (χ2n) is 4.10. The molecule has 0 saturated carbocycles. The molecular formula is C15H18N2O. The zero-order valence-electron chi connectivity index (χ0n) is 10.4. The van der Waals surface area contributed by atoms with Crippen molar-refractivity contribution in [3.05, 3.63) is 65.5 Å². The summed E-state index contributed by atoms with van der Waals surface area (Å²) in [6.45, 7) is 1.82. The molecule has 1 aromatic carbocycles. The fraction of sp³-hybridized carbons (Fsp3) is 0.267. The van der Waals surface area contributed by atoms with E-state index in [1.807, 2.05) is 24.3 Å². The van der Waals surface area contributed by atoms with Gasteiger partial charge in [0.1, 0.15) is 0 Å². The molecule has 3 heteroatoms. The molecule has 0 spiro atoms. The van der Waals surface area contributed by atoms with E-state index >= 15 is 0 Å². The Bertz CT molecular complexity index is 471. The maximum Gasteiger partial charge on any atom is 0.0717 e. The molecule has 0 fully saturated rings. The smallest absolute Gasteiger partial charge is 0.0717 e. The highest BCUT2D eigenvalue weighted by Gasteiger charge is 2.01. The van der Waals surface area contributed by atoms with Crippen LogP contribution in [-0.4, -0.2) is 11.6 Å². The largest absolute Gasteiger partial charge is 0.376 e. The highest BCUT2D eigenvalue weighted by Crippen LogP contribution is 2.07. The van der Waals surface area contributed by atoms with Gasteiger partial charge >= 0.3 is 0 Å². The fourth-order valence-electron chi connectivity index (χ4n) is 1.83. The van der Waals surface area contributed by atoms with Crippen molar-refractivity contribution >= 4 is 0 Å². The van der Waals surface area contributed by atoms with E-state index in [4.69, 9.17) is 10.5 Å². The molecule has 0 amide bonds. The van der Waals surface area contributed by atoms with Crippen LogP contribution in [0.1, 0.15) is 16.8 Å². The Hall–Kier alpha value is -1.71. The summed E-state index contributed by atoms with van der Waals surface area (Å²) in [4.78, 5) is 4.25.